The van der Waals surface area contributed by atoms with Crippen LogP contribution in [0.4, 0.5) is 0 Å². The fourth-order valence-electron chi connectivity index (χ4n) is 2.53. The van der Waals surface area contributed by atoms with Crippen molar-refractivity contribution in [1.82, 2.24) is 5.32 Å². The number of rotatable bonds is 5. The van der Waals surface area contributed by atoms with Gasteiger partial charge in [-0.3, -0.25) is 0 Å². The maximum atomic E-state index is 11.4. The van der Waals surface area contributed by atoms with E-state index < -0.39 is 5.97 Å². The third-order valence-electron chi connectivity index (χ3n) is 3.44. The summed E-state index contributed by atoms with van der Waals surface area (Å²) in [6.45, 7) is 5.68. The Hall–Kier alpha value is -1.33. The summed E-state index contributed by atoms with van der Waals surface area (Å²) < 4.78 is 15.9. The van der Waals surface area contributed by atoms with E-state index in [1.165, 1.54) is 7.11 Å². The van der Waals surface area contributed by atoms with Crippen LogP contribution in [0.1, 0.15) is 42.6 Å². The van der Waals surface area contributed by atoms with Crippen LogP contribution in [-0.4, -0.2) is 32.3 Å². The first-order valence-corrected chi connectivity index (χ1v) is 6.68. The second-order valence-electron chi connectivity index (χ2n) is 4.87. The third-order valence-corrected chi connectivity index (χ3v) is 3.44. The molecule has 1 saturated heterocycles. The highest BCUT2D eigenvalue weighted by Crippen LogP contribution is 2.32. The van der Waals surface area contributed by atoms with Crippen molar-refractivity contribution in [3.63, 3.8) is 0 Å². The minimum Gasteiger partial charge on any atom is -0.463 e. The molecule has 1 aromatic heterocycles. The molecule has 2 rings (SSSR count). The van der Waals surface area contributed by atoms with E-state index in [0.717, 1.165) is 18.7 Å². The Balaban J connectivity index is 2.14. The van der Waals surface area contributed by atoms with Crippen molar-refractivity contribution >= 4 is 5.97 Å². The second-order valence-corrected chi connectivity index (χ2v) is 4.87. The van der Waals surface area contributed by atoms with Crippen molar-refractivity contribution < 1.29 is 18.7 Å². The minimum atomic E-state index is -0.447. The van der Waals surface area contributed by atoms with Gasteiger partial charge in [-0.05, 0) is 32.0 Å². The number of esters is 1. The molecule has 1 fully saturated rings. The average Bonchev–Trinajstić information content (AvgIpc) is 3.04. The first kappa shape index (κ1) is 14.1. The lowest BCUT2D eigenvalue weighted by atomic mass is 9.95. The van der Waals surface area contributed by atoms with Crippen LogP contribution in [0.25, 0.3) is 0 Å². The highest BCUT2D eigenvalue weighted by molar-refractivity contribution is 5.86. The molecule has 0 aromatic carbocycles. The van der Waals surface area contributed by atoms with Crippen LogP contribution >= 0.6 is 0 Å². The monoisotopic (exact) mass is 267 g/mol. The smallest absolute Gasteiger partial charge is 0.373 e. The van der Waals surface area contributed by atoms with Gasteiger partial charge in [-0.2, -0.15) is 0 Å². The molecule has 0 aliphatic carbocycles. The number of furan rings is 1. The molecule has 0 radical (unpaired) electrons. The van der Waals surface area contributed by atoms with Crippen molar-refractivity contribution in [1.29, 1.82) is 0 Å². The first-order valence-electron chi connectivity index (χ1n) is 6.68. The van der Waals surface area contributed by atoms with Crippen molar-refractivity contribution in [3.05, 3.63) is 23.7 Å². The summed E-state index contributed by atoms with van der Waals surface area (Å²) in [4.78, 5) is 11.4. The van der Waals surface area contributed by atoms with Crippen LogP contribution in [-0.2, 0) is 9.47 Å². The lowest BCUT2D eigenvalue weighted by Crippen LogP contribution is -2.28. The topological polar surface area (TPSA) is 60.7 Å². The van der Waals surface area contributed by atoms with Gasteiger partial charge in [0.05, 0.1) is 25.9 Å². The van der Waals surface area contributed by atoms with Gasteiger partial charge in [0.2, 0.25) is 5.76 Å². The van der Waals surface area contributed by atoms with Gasteiger partial charge >= 0.3 is 5.97 Å². The van der Waals surface area contributed by atoms with E-state index in [9.17, 15) is 4.79 Å². The molecule has 2 heterocycles. The average molecular weight is 267 g/mol. The third kappa shape index (κ3) is 3.16. The van der Waals surface area contributed by atoms with Gasteiger partial charge in [0.1, 0.15) is 5.76 Å². The molecule has 5 nitrogen and oxygen atoms in total. The molecule has 1 aliphatic heterocycles. The minimum absolute atomic E-state index is 0.0772. The molecule has 0 saturated carbocycles. The highest BCUT2D eigenvalue weighted by Gasteiger charge is 2.32. The van der Waals surface area contributed by atoms with Crippen LogP contribution in [0, 0.1) is 5.92 Å². The molecule has 1 aromatic rings. The molecule has 1 aliphatic rings. The Kier molecular flexibility index (Phi) is 4.61. The second kappa shape index (κ2) is 6.21. The number of ether oxygens (including phenoxy) is 2. The first-order chi connectivity index (χ1) is 9.15. The van der Waals surface area contributed by atoms with Crippen LogP contribution < -0.4 is 5.32 Å². The van der Waals surface area contributed by atoms with Crippen LogP contribution in [0.5, 0.6) is 0 Å². The fourth-order valence-corrected chi connectivity index (χ4v) is 2.53. The van der Waals surface area contributed by atoms with Gasteiger partial charge in [0.15, 0.2) is 0 Å². The summed E-state index contributed by atoms with van der Waals surface area (Å²) in [5.74, 6) is 0.932. The Labute approximate surface area is 113 Å². The maximum absolute atomic E-state index is 11.4. The van der Waals surface area contributed by atoms with Gasteiger partial charge in [0, 0.05) is 5.92 Å². The predicted octanol–water partition coefficient (Wildman–Crippen LogP) is 2.14. The Morgan fingerprint density at radius 3 is 2.95 bits per heavy atom. The van der Waals surface area contributed by atoms with Gasteiger partial charge in [-0.25, -0.2) is 4.79 Å². The highest BCUT2D eigenvalue weighted by atomic mass is 16.5. The van der Waals surface area contributed by atoms with E-state index in [1.54, 1.807) is 6.07 Å². The Morgan fingerprint density at radius 2 is 2.37 bits per heavy atom. The SMILES string of the molecule is CCNC(c1ccc(C(=O)OC)o1)C1COC(C)C1. The quantitative estimate of drug-likeness (QED) is 0.828. The van der Waals surface area contributed by atoms with Crippen LogP contribution in [0.3, 0.4) is 0 Å². The Bertz CT molecular complexity index is 429. The van der Waals surface area contributed by atoms with Gasteiger partial charge in [0.25, 0.3) is 0 Å². The number of hydrogen-bond acceptors (Lipinski definition) is 5. The van der Waals surface area contributed by atoms with Crippen LogP contribution in [0.15, 0.2) is 16.5 Å². The molecule has 3 unspecified atom stereocenters. The van der Waals surface area contributed by atoms with Crippen molar-refractivity contribution in [3.8, 4) is 0 Å². The van der Waals surface area contributed by atoms with E-state index in [1.807, 2.05) is 6.07 Å². The van der Waals surface area contributed by atoms with E-state index in [0.29, 0.717) is 12.5 Å². The zero-order valence-electron chi connectivity index (χ0n) is 11.6. The summed E-state index contributed by atoms with van der Waals surface area (Å²) in [5, 5.41) is 3.41. The molecule has 5 heteroatoms. The Morgan fingerprint density at radius 1 is 1.58 bits per heavy atom. The summed E-state index contributed by atoms with van der Waals surface area (Å²) in [5.41, 5.74) is 0. The maximum Gasteiger partial charge on any atom is 0.373 e. The van der Waals surface area contributed by atoms with E-state index in [2.05, 4.69) is 23.9 Å². The predicted molar refractivity (Wildman–Crippen MR) is 70.0 cm³/mol. The van der Waals surface area contributed by atoms with E-state index in [-0.39, 0.29) is 17.9 Å². The molecular formula is C14H21NO4. The molecule has 3 atom stereocenters. The molecule has 0 spiro atoms. The number of nitrogens with one attached hydrogen (secondary N) is 1. The number of carbonyl (C=O) groups excluding carboxylic acids is 1. The fraction of sp³-hybridized carbons (Fsp3) is 0.643. The van der Waals surface area contributed by atoms with Gasteiger partial charge in [-0.1, -0.05) is 6.92 Å². The van der Waals surface area contributed by atoms with E-state index >= 15 is 0 Å². The van der Waals surface area contributed by atoms with Gasteiger partial charge < -0.3 is 19.2 Å². The lowest BCUT2D eigenvalue weighted by molar-refractivity contribution is 0.0560. The molecule has 19 heavy (non-hydrogen) atoms. The van der Waals surface area contributed by atoms with Crippen molar-refractivity contribution in [2.75, 3.05) is 20.3 Å². The summed E-state index contributed by atoms with van der Waals surface area (Å²) in [7, 11) is 1.35. The standard InChI is InChI=1S/C14H21NO4/c1-4-15-13(10-7-9(2)18-8-10)11-5-6-12(19-11)14(16)17-3/h5-6,9-10,13,15H,4,7-8H2,1-3H3. The summed E-state index contributed by atoms with van der Waals surface area (Å²) in [6, 6.07) is 3.57. The molecule has 0 amide bonds. The molecule has 1 N–H and O–H groups in total. The summed E-state index contributed by atoms with van der Waals surface area (Å²) >= 11 is 0. The zero-order valence-corrected chi connectivity index (χ0v) is 11.6. The summed E-state index contributed by atoms with van der Waals surface area (Å²) in [6.07, 6.45) is 1.27. The van der Waals surface area contributed by atoms with Crippen molar-refractivity contribution in [2.24, 2.45) is 5.92 Å². The zero-order chi connectivity index (χ0) is 13.8. The van der Waals surface area contributed by atoms with Gasteiger partial charge in [-0.15, -0.1) is 0 Å². The number of methoxy groups -OCH3 is 1. The number of hydrogen-bond donors (Lipinski definition) is 1. The largest absolute Gasteiger partial charge is 0.463 e. The molecule has 0 bridgehead atoms. The van der Waals surface area contributed by atoms with E-state index in [4.69, 9.17) is 9.15 Å². The molecular weight excluding hydrogens is 246 g/mol. The lowest BCUT2D eigenvalue weighted by Gasteiger charge is -2.21. The molecule has 106 valence electrons. The number of carbonyl (C=O) groups is 1. The normalized spacial score (nSPS) is 24.4. The van der Waals surface area contributed by atoms with Crippen LogP contribution in [0.2, 0.25) is 0 Å². The van der Waals surface area contributed by atoms with Crippen molar-refractivity contribution in [2.45, 2.75) is 32.4 Å².